The first kappa shape index (κ1) is 14.9. The predicted octanol–water partition coefficient (Wildman–Crippen LogP) is 1.88. The molecule has 3 nitrogen and oxygen atoms in total. The molecule has 0 fully saturated rings. The van der Waals surface area contributed by atoms with E-state index in [0.717, 1.165) is 11.1 Å². The summed E-state index contributed by atoms with van der Waals surface area (Å²) in [5, 5.41) is 18.2. The average molecular weight is 290 g/mol. The van der Waals surface area contributed by atoms with E-state index in [4.69, 9.17) is 5.11 Å². The van der Waals surface area contributed by atoms with Gasteiger partial charge in [-0.15, -0.1) is 0 Å². The van der Waals surface area contributed by atoms with E-state index in [9.17, 15) is 9.32 Å². The smallest absolute Gasteiger partial charge is 0.0886 e. The molecular formula is C16H18O3S. The molecule has 4 heteroatoms. The van der Waals surface area contributed by atoms with Crippen LogP contribution in [0.4, 0.5) is 0 Å². The third kappa shape index (κ3) is 3.76. The van der Waals surface area contributed by atoms with Gasteiger partial charge in [-0.25, -0.2) is 0 Å². The third-order valence-corrected chi connectivity index (χ3v) is 4.82. The van der Waals surface area contributed by atoms with Gasteiger partial charge in [0, 0.05) is 10.8 Å². The minimum absolute atomic E-state index is 0.0605. The van der Waals surface area contributed by atoms with Crippen molar-refractivity contribution in [1.82, 2.24) is 0 Å². The molecule has 20 heavy (non-hydrogen) atoms. The molecule has 0 amide bonds. The van der Waals surface area contributed by atoms with E-state index in [-0.39, 0.29) is 17.6 Å². The van der Waals surface area contributed by atoms with Crippen molar-refractivity contribution in [3.05, 3.63) is 71.8 Å². The van der Waals surface area contributed by atoms with Crippen LogP contribution < -0.4 is 0 Å². The number of aliphatic hydroxyl groups is 2. The predicted molar refractivity (Wildman–Crippen MR) is 80.8 cm³/mol. The van der Waals surface area contributed by atoms with E-state index in [1.165, 1.54) is 0 Å². The lowest BCUT2D eigenvalue weighted by atomic mass is 10.0. The third-order valence-electron chi connectivity index (χ3n) is 3.03. The van der Waals surface area contributed by atoms with Gasteiger partial charge in [0.15, 0.2) is 0 Å². The van der Waals surface area contributed by atoms with Crippen LogP contribution >= 0.6 is 0 Å². The van der Waals surface area contributed by atoms with E-state index < -0.39 is 16.9 Å². The standard InChI is InChI=1S/C16H18O3S/c17-11-15(18)12-20(19)16(13-7-3-1-4-8-13)14-9-5-2-6-10-14/h1-10,15-18H,11-12H2. The van der Waals surface area contributed by atoms with Crippen molar-refractivity contribution in [2.24, 2.45) is 0 Å². The molecule has 0 heterocycles. The lowest BCUT2D eigenvalue weighted by Crippen LogP contribution is -2.24. The highest BCUT2D eigenvalue weighted by Gasteiger charge is 2.22. The number of aliphatic hydroxyl groups excluding tert-OH is 2. The fourth-order valence-corrected chi connectivity index (χ4v) is 3.69. The summed E-state index contributed by atoms with van der Waals surface area (Å²) in [5.41, 5.74) is 1.89. The Hall–Kier alpha value is -1.49. The van der Waals surface area contributed by atoms with Gasteiger partial charge in [-0.2, -0.15) is 0 Å². The largest absolute Gasteiger partial charge is 0.394 e. The van der Waals surface area contributed by atoms with Gasteiger partial charge in [-0.05, 0) is 11.1 Å². The second kappa shape index (κ2) is 7.33. The molecule has 2 atom stereocenters. The summed E-state index contributed by atoms with van der Waals surface area (Å²) >= 11 is 0. The van der Waals surface area contributed by atoms with Gasteiger partial charge >= 0.3 is 0 Å². The summed E-state index contributed by atoms with van der Waals surface area (Å²) in [6, 6.07) is 19.2. The molecule has 2 N–H and O–H groups in total. The van der Waals surface area contributed by atoms with Crippen LogP contribution in [0.1, 0.15) is 16.4 Å². The normalized spacial score (nSPS) is 14.2. The fourth-order valence-electron chi connectivity index (χ4n) is 2.09. The van der Waals surface area contributed by atoms with Gasteiger partial charge in [-0.3, -0.25) is 4.21 Å². The van der Waals surface area contributed by atoms with Gasteiger partial charge in [0.1, 0.15) is 0 Å². The highest BCUT2D eigenvalue weighted by molar-refractivity contribution is 7.85. The first-order chi connectivity index (χ1) is 9.72. The Morgan fingerprint density at radius 2 is 1.35 bits per heavy atom. The number of hydrogen-bond donors (Lipinski definition) is 2. The second-order valence-electron chi connectivity index (χ2n) is 4.59. The molecule has 2 rings (SSSR count). The zero-order chi connectivity index (χ0) is 14.4. The summed E-state index contributed by atoms with van der Waals surface area (Å²) in [6.07, 6.45) is -0.953. The van der Waals surface area contributed by atoms with Gasteiger partial charge in [-0.1, -0.05) is 60.7 Å². The van der Waals surface area contributed by atoms with Crippen LogP contribution in [0.3, 0.4) is 0 Å². The highest BCUT2D eigenvalue weighted by Crippen LogP contribution is 2.28. The van der Waals surface area contributed by atoms with Crippen molar-refractivity contribution >= 4 is 10.8 Å². The van der Waals surface area contributed by atoms with Crippen LogP contribution in [0.15, 0.2) is 60.7 Å². The SMILES string of the molecule is O=S(CC(O)CO)C(c1ccccc1)c1ccccc1. The molecule has 0 aromatic heterocycles. The summed E-state index contributed by atoms with van der Waals surface area (Å²) in [6.45, 7) is -0.373. The van der Waals surface area contributed by atoms with Crippen molar-refractivity contribution < 1.29 is 14.4 Å². The van der Waals surface area contributed by atoms with Gasteiger partial charge < -0.3 is 10.2 Å². The lowest BCUT2D eigenvalue weighted by Gasteiger charge is -2.19. The van der Waals surface area contributed by atoms with Crippen molar-refractivity contribution in [3.63, 3.8) is 0 Å². The average Bonchev–Trinajstić information content (AvgIpc) is 2.49. The van der Waals surface area contributed by atoms with Crippen LogP contribution in [0, 0.1) is 0 Å². The molecule has 0 saturated heterocycles. The van der Waals surface area contributed by atoms with Crippen LogP contribution in [0.2, 0.25) is 0 Å². The summed E-state index contributed by atoms with van der Waals surface area (Å²) in [5.74, 6) is 0.0605. The quantitative estimate of drug-likeness (QED) is 0.854. The van der Waals surface area contributed by atoms with E-state index in [1.807, 2.05) is 60.7 Å². The number of hydrogen-bond acceptors (Lipinski definition) is 3. The van der Waals surface area contributed by atoms with Crippen molar-refractivity contribution in [2.45, 2.75) is 11.4 Å². The Kier molecular flexibility index (Phi) is 5.47. The van der Waals surface area contributed by atoms with Crippen molar-refractivity contribution in [3.8, 4) is 0 Å². The molecule has 0 aliphatic rings. The summed E-state index contributed by atoms with van der Waals surface area (Å²) in [4.78, 5) is 0. The zero-order valence-electron chi connectivity index (χ0n) is 11.1. The van der Waals surface area contributed by atoms with E-state index in [0.29, 0.717) is 0 Å². The highest BCUT2D eigenvalue weighted by atomic mass is 32.2. The van der Waals surface area contributed by atoms with Crippen LogP contribution in [-0.2, 0) is 10.8 Å². The molecule has 2 unspecified atom stereocenters. The first-order valence-corrected chi connectivity index (χ1v) is 7.86. The van der Waals surface area contributed by atoms with E-state index >= 15 is 0 Å². The van der Waals surface area contributed by atoms with Gasteiger partial charge in [0.25, 0.3) is 0 Å². The maximum Gasteiger partial charge on any atom is 0.0886 e. The summed E-state index contributed by atoms with van der Waals surface area (Å²) < 4.78 is 12.6. The number of rotatable bonds is 6. The molecule has 0 spiro atoms. The molecule has 0 bridgehead atoms. The van der Waals surface area contributed by atoms with Crippen LogP contribution in [0.5, 0.6) is 0 Å². The fraction of sp³-hybridized carbons (Fsp3) is 0.250. The summed E-state index contributed by atoms with van der Waals surface area (Å²) in [7, 11) is -1.30. The number of benzene rings is 2. The maximum atomic E-state index is 12.6. The molecular weight excluding hydrogens is 272 g/mol. The van der Waals surface area contributed by atoms with Crippen molar-refractivity contribution in [2.75, 3.05) is 12.4 Å². The Balaban J connectivity index is 2.33. The Morgan fingerprint density at radius 3 is 1.75 bits per heavy atom. The van der Waals surface area contributed by atoms with Gasteiger partial charge in [0.05, 0.1) is 23.7 Å². The molecule has 2 aromatic rings. The Morgan fingerprint density at radius 1 is 0.900 bits per heavy atom. The topological polar surface area (TPSA) is 57.5 Å². The van der Waals surface area contributed by atoms with Crippen LogP contribution in [0.25, 0.3) is 0 Å². The Bertz CT molecular complexity index is 503. The monoisotopic (exact) mass is 290 g/mol. The first-order valence-electron chi connectivity index (χ1n) is 6.48. The molecule has 0 aliphatic heterocycles. The lowest BCUT2D eigenvalue weighted by molar-refractivity contribution is 0.113. The molecule has 0 radical (unpaired) electrons. The van der Waals surface area contributed by atoms with Crippen LogP contribution in [-0.4, -0.2) is 32.9 Å². The minimum atomic E-state index is -1.30. The molecule has 0 saturated carbocycles. The maximum absolute atomic E-state index is 12.6. The molecule has 106 valence electrons. The van der Waals surface area contributed by atoms with E-state index in [2.05, 4.69) is 0 Å². The Labute approximate surface area is 121 Å². The van der Waals surface area contributed by atoms with E-state index in [1.54, 1.807) is 0 Å². The molecule has 0 aliphatic carbocycles. The molecule has 2 aromatic carbocycles. The van der Waals surface area contributed by atoms with Gasteiger partial charge in [0.2, 0.25) is 0 Å². The minimum Gasteiger partial charge on any atom is -0.394 e. The zero-order valence-corrected chi connectivity index (χ0v) is 11.9. The second-order valence-corrected chi connectivity index (χ2v) is 6.15. The van der Waals surface area contributed by atoms with Crippen molar-refractivity contribution in [1.29, 1.82) is 0 Å².